The van der Waals surface area contributed by atoms with Crippen molar-refractivity contribution in [2.75, 3.05) is 42.9 Å². The molecule has 6 rings (SSSR count). The molecule has 0 aromatic heterocycles. The van der Waals surface area contributed by atoms with Crippen molar-refractivity contribution in [2.45, 2.75) is 67.6 Å². The van der Waals surface area contributed by atoms with Crippen LogP contribution < -0.4 is 37.6 Å². The first-order valence-electron chi connectivity index (χ1n) is 20.1. The van der Waals surface area contributed by atoms with E-state index >= 15 is 0 Å². The lowest BCUT2D eigenvalue weighted by molar-refractivity contribution is -0.130. The fourth-order valence-corrected chi connectivity index (χ4v) is 8.74. The third-order valence-corrected chi connectivity index (χ3v) is 12.0. The molecule has 16 heteroatoms. The van der Waals surface area contributed by atoms with Gasteiger partial charge in [-0.15, -0.1) is 0 Å². The van der Waals surface area contributed by atoms with Gasteiger partial charge in [0.1, 0.15) is 12.1 Å². The number of amides is 4. The molecule has 4 aromatic rings. The first-order chi connectivity index (χ1) is 29.0. The topological polar surface area (TPSA) is 170 Å². The first kappa shape index (κ1) is 44.5. The number of nitrogens with two attached hydrogens (primary N) is 2. The normalized spacial score (nSPS) is 15.8. The number of halogens is 4. The fourth-order valence-electron chi connectivity index (χ4n) is 7.77. The van der Waals surface area contributed by atoms with Gasteiger partial charge in [0.15, 0.2) is 17.6 Å². The van der Waals surface area contributed by atoms with E-state index in [4.69, 9.17) is 23.1 Å². The van der Waals surface area contributed by atoms with Gasteiger partial charge in [-0.1, -0.05) is 88.8 Å². The molecule has 0 radical (unpaired) electrons. The van der Waals surface area contributed by atoms with Crippen molar-refractivity contribution in [3.8, 4) is 0 Å². The molecule has 8 N–H and O–H groups in total. The third kappa shape index (κ3) is 12.3. The van der Waals surface area contributed by atoms with Gasteiger partial charge in [0.25, 0.3) is 0 Å². The van der Waals surface area contributed by atoms with Crippen LogP contribution in [-0.2, 0) is 33.5 Å². The molecular formula is C44H51ClF2IN9O3. The molecule has 2 aliphatic heterocycles. The molecule has 0 spiro atoms. The van der Waals surface area contributed by atoms with Crippen LogP contribution in [0.1, 0.15) is 59.4 Å². The molecule has 1 fully saturated rings. The van der Waals surface area contributed by atoms with E-state index in [1.165, 1.54) is 24.5 Å². The molecule has 1 unspecified atom stereocenters. The number of likely N-dealkylation sites (tertiary alicyclic amines) is 1. The Hall–Kier alpha value is -5.00. The summed E-state index contributed by atoms with van der Waals surface area (Å²) in [6.45, 7) is 4.90. The maximum Gasteiger partial charge on any atom is 0.319 e. The molecule has 1 saturated heterocycles. The number of carbonyl (C=O) groups is 3. The van der Waals surface area contributed by atoms with E-state index < -0.39 is 41.6 Å². The summed E-state index contributed by atoms with van der Waals surface area (Å²) in [6, 6.07) is 21.3. The number of carbonyl (C=O) groups excluding carboxylic acids is 3. The van der Waals surface area contributed by atoms with Crippen LogP contribution in [0.3, 0.4) is 0 Å². The Balaban J connectivity index is 1.21. The Morgan fingerprint density at radius 1 is 0.883 bits per heavy atom. The predicted octanol–water partition coefficient (Wildman–Crippen LogP) is 6.34. The standard InChI is InChI=1S/C44H51ClF2IN9O3/c45-35-11-6-10-30(23-48)34(35)27-57-26-31(25-56-18-4-5-19-56)33-15-14-32(22-40(33)57)53-44(60)55-39(21-29-13-16-36(46)37(47)20-29)42(59)54-38(12-7-17-51-43(49)50)41(58)52-24-28-8-2-1-3-9-28/h1-3,6,8-11,13-16,20,22,31,38-39H,4-5,7,12,17-19,21,23-27H2,(H,52,58)(H,54,59)(H4,49,50,51)(H2,53,55,60)/t31?,38-,39-/m0/s1. The highest BCUT2D eigenvalue weighted by Gasteiger charge is 2.32. The zero-order valence-corrected chi connectivity index (χ0v) is 36.2. The van der Waals surface area contributed by atoms with Gasteiger partial charge >= 0.3 is 6.03 Å². The van der Waals surface area contributed by atoms with E-state index in [2.05, 4.69) is 64.7 Å². The van der Waals surface area contributed by atoms with Crippen molar-refractivity contribution in [2.24, 2.45) is 16.5 Å². The summed E-state index contributed by atoms with van der Waals surface area (Å²) in [5.74, 6) is -3.15. The monoisotopic (exact) mass is 953 g/mol. The fraction of sp³-hybridized carbons (Fsp3) is 0.364. The van der Waals surface area contributed by atoms with Crippen molar-refractivity contribution < 1.29 is 23.2 Å². The highest BCUT2D eigenvalue weighted by molar-refractivity contribution is 14.1. The molecule has 2 heterocycles. The van der Waals surface area contributed by atoms with Crippen LogP contribution >= 0.6 is 34.2 Å². The van der Waals surface area contributed by atoms with Crippen molar-refractivity contribution in [3.63, 3.8) is 0 Å². The Morgan fingerprint density at radius 3 is 2.40 bits per heavy atom. The van der Waals surface area contributed by atoms with Crippen molar-refractivity contribution in [3.05, 3.63) is 129 Å². The molecule has 0 bridgehead atoms. The number of hydrogen-bond acceptors (Lipinski definition) is 6. The minimum Gasteiger partial charge on any atom is -0.370 e. The maximum absolute atomic E-state index is 14.4. The molecule has 12 nitrogen and oxygen atoms in total. The number of urea groups is 1. The van der Waals surface area contributed by atoms with Crippen molar-refractivity contribution in [1.82, 2.24) is 20.9 Å². The van der Waals surface area contributed by atoms with E-state index in [0.717, 1.165) is 65.1 Å². The molecule has 3 atom stereocenters. The average Bonchev–Trinajstić information content (AvgIpc) is 3.87. The number of fused-ring (bicyclic) bond motifs is 1. The van der Waals surface area contributed by atoms with Gasteiger partial charge in [-0.2, -0.15) is 0 Å². The van der Waals surface area contributed by atoms with Gasteiger partial charge in [0.05, 0.1) is 0 Å². The predicted molar refractivity (Wildman–Crippen MR) is 241 cm³/mol. The third-order valence-electron chi connectivity index (χ3n) is 10.8. The van der Waals surface area contributed by atoms with Crippen molar-refractivity contribution in [1.29, 1.82) is 0 Å². The van der Waals surface area contributed by atoms with Crippen LogP contribution in [0.25, 0.3) is 0 Å². The molecule has 0 aliphatic carbocycles. The summed E-state index contributed by atoms with van der Waals surface area (Å²) in [5.41, 5.74) is 17.0. The Bertz CT molecular complexity index is 2150. The summed E-state index contributed by atoms with van der Waals surface area (Å²) in [5, 5.41) is 12.0. The Labute approximate surface area is 368 Å². The van der Waals surface area contributed by atoms with Crippen LogP contribution in [0.5, 0.6) is 0 Å². The lowest BCUT2D eigenvalue weighted by Gasteiger charge is -2.24. The quantitative estimate of drug-likeness (QED) is 0.0222. The van der Waals surface area contributed by atoms with Crippen LogP contribution in [0.15, 0.2) is 89.9 Å². The number of alkyl halides is 1. The molecule has 2 aliphatic rings. The number of hydrogen-bond donors (Lipinski definition) is 6. The largest absolute Gasteiger partial charge is 0.370 e. The second kappa shape index (κ2) is 21.5. The summed E-state index contributed by atoms with van der Waals surface area (Å²) in [4.78, 5) is 50.1. The van der Waals surface area contributed by atoms with Gasteiger partial charge in [0.2, 0.25) is 11.8 Å². The number of nitrogens with zero attached hydrogens (tertiary/aromatic N) is 3. The van der Waals surface area contributed by atoms with Gasteiger partial charge in [-0.05, 0) is 96.9 Å². The molecule has 318 valence electrons. The van der Waals surface area contributed by atoms with Gasteiger partial charge in [-0.25, -0.2) is 13.6 Å². The van der Waals surface area contributed by atoms with E-state index in [1.54, 1.807) is 0 Å². The highest BCUT2D eigenvalue weighted by atomic mass is 127. The van der Waals surface area contributed by atoms with Crippen LogP contribution in [0.2, 0.25) is 5.02 Å². The van der Waals surface area contributed by atoms with Gasteiger partial charge in [-0.3, -0.25) is 14.6 Å². The Morgan fingerprint density at radius 2 is 1.67 bits per heavy atom. The van der Waals surface area contributed by atoms with E-state index in [-0.39, 0.29) is 43.4 Å². The number of nitrogens with one attached hydrogen (secondary N) is 4. The smallest absolute Gasteiger partial charge is 0.319 e. The average molecular weight is 954 g/mol. The van der Waals surface area contributed by atoms with Crippen molar-refractivity contribution >= 4 is 69.4 Å². The van der Waals surface area contributed by atoms with Gasteiger partial charge < -0.3 is 42.5 Å². The van der Waals surface area contributed by atoms with E-state index in [9.17, 15) is 23.2 Å². The SMILES string of the molecule is NC(N)=NCCC[C@H](NC(=O)[C@H](Cc1ccc(F)c(F)c1)NC(=O)Nc1ccc2c(c1)N(Cc1c(Cl)cccc1CI)CC2CN1CCCC1)C(=O)NCc1ccccc1. The molecule has 60 heavy (non-hydrogen) atoms. The first-order valence-corrected chi connectivity index (χ1v) is 22.0. The van der Waals surface area contributed by atoms with Gasteiger partial charge in [0, 0.05) is 65.9 Å². The van der Waals surface area contributed by atoms with Crippen LogP contribution in [0, 0.1) is 11.6 Å². The molecule has 4 amide bonds. The summed E-state index contributed by atoms with van der Waals surface area (Å²) in [7, 11) is 0. The second-order valence-electron chi connectivity index (χ2n) is 15.2. The lowest BCUT2D eigenvalue weighted by atomic mass is 10.0. The lowest BCUT2D eigenvalue weighted by Crippen LogP contribution is -2.55. The van der Waals surface area contributed by atoms with Crippen LogP contribution in [-0.4, -0.2) is 73.5 Å². The zero-order valence-electron chi connectivity index (χ0n) is 33.2. The summed E-state index contributed by atoms with van der Waals surface area (Å²) in [6.07, 6.45) is 2.71. The summed E-state index contributed by atoms with van der Waals surface area (Å²) >= 11 is 9.11. The number of guanidine groups is 1. The minimum atomic E-state index is -1.29. The minimum absolute atomic E-state index is 0.102. The molecule has 0 saturated carbocycles. The maximum atomic E-state index is 14.4. The highest BCUT2D eigenvalue weighted by Crippen LogP contribution is 2.41. The molecule has 4 aromatic carbocycles. The zero-order chi connectivity index (χ0) is 42.6. The number of rotatable bonds is 18. The second-order valence-corrected chi connectivity index (χ2v) is 16.4. The van der Waals surface area contributed by atoms with E-state index in [1.807, 2.05) is 60.7 Å². The van der Waals surface area contributed by atoms with E-state index in [0.29, 0.717) is 23.7 Å². The van der Waals surface area contributed by atoms with Crippen LogP contribution in [0.4, 0.5) is 25.0 Å². The molecular weight excluding hydrogens is 903 g/mol. The number of benzene rings is 4. The summed E-state index contributed by atoms with van der Waals surface area (Å²) < 4.78 is 29.1. The Kier molecular flexibility index (Phi) is 16.0. The number of aliphatic imine (C=N–C) groups is 1. The number of anilines is 2.